The predicted octanol–water partition coefficient (Wildman–Crippen LogP) is 3.17. The lowest BCUT2D eigenvalue weighted by Gasteiger charge is -2.37. The van der Waals surface area contributed by atoms with Crippen molar-refractivity contribution >= 4 is 15.9 Å². The van der Waals surface area contributed by atoms with Gasteiger partial charge in [-0.05, 0) is 68.0 Å². The van der Waals surface area contributed by atoms with Gasteiger partial charge in [0.2, 0.25) is 0 Å². The summed E-state index contributed by atoms with van der Waals surface area (Å²) in [6, 6.07) is 4.45. The normalized spacial score (nSPS) is 25.4. The van der Waals surface area contributed by atoms with Crippen molar-refractivity contribution in [2.75, 3.05) is 20.2 Å². The van der Waals surface area contributed by atoms with Crippen LogP contribution in [0.15, 0.2) is 16.6 Å². The first-order valence-corrected chi connectivity index (χ1v) is 7.66. The van der Waals surface area contributed by atoms with Gasteiger partial charge in [0.1, 0.15) is 5.75 Å². The molecule has 1 aliphatic heterocycles. The van der Waals surface area contributed by atoms with Crippen LogP contribution in [0.1, 0.15) is 24.0 Å². The van der Waals surface area contributed by atoms with Crippen LogP contribution in [0.3, 0.4) is 0 Å². The Bertz CT molecular complexity index is 446. The zero-order chi connectivity index (χ0) is 12.5. The van der Waals surface area contributed by atoms with Gasteiger partial charge in [-0.3, -0.25) is 0 Å². The number of hydrogen-bond donors (Lipinski definition) is 1. The van der Waals surface area contributed by atoms with Crippen molar-refractivity contribution in [3.05, 3.63) is 27.7 Å². The highest BCUT2D eigenvalue weighted by Gasteiger charge is 2.31. The van der Waals surface area contributed by atoms with Gasteiger partial charge in [0, 0.05) is 10.9 Å². The molecule has 0 aromatic heterocycles. The van der Waals surface area contributed by atoms with E-state index in [1.165, 1.54) is 40.6 Å². The molecule has 0 bridgehead atoms. The Hall–Kier alpha value is -0.540. The first-order chi connectivity index (χ1) is 8.78. The molecule has 2 unspecified atom stereocenters. The molecule has 2 nitrogen and oxygen atoms in total. The van der Waals surface area contributed by atoms with E-state index < -0.39 is 0 Å². The van der Waals surface area contributed by atoms with Crippen molar-refractivity contribution in [2.45, 2.75) is 25.7 Å². The van der Waals surface area contributed by atoms with Gasteiger partial charge in [-0.1, -0.05) is 15.9 Å². The molecule has 1 heterocycles. The third kappa shape index (κ3) is 2.30. The van der Waals surface area contributed by atoms with Gasteiger partial charge in [-0.25, -0.2) is 0 Å². The number of halogens is 1. The summed E-state index contributed by atoms with van der Waals surface area (Å²) >= 11 is 3.62. The quantitative estimate of drug-likeness (QED) is 0.922. The van der Waals surface area contributed by atoms with Crippen LogP contribution in [0.2, 0.25) is 0 Å². The maximum atomic E-state index is 5.81. The van der Waals surface area contributed by atoms with Crippen LogP contribution >= 0.6 is 15.9 Å². The Labute approximate surface area is 117 Å². The summed E-state index contributed by atoms with van der Waals surface area (Å²) in [5, 5.41) is 3.31. The fourth-order valence-electron chi connectivity index (χ4n) is 3.22. The summed E-state index contributed by atoms with van der Waals surface area (Å²) in [4.78, 5) is 0. The third-order valence-corrected chi connectivity index (χ3v) is 4.81. The molecule has 0 saturated heterocycles. The number of benzene rings is 1. The van der Waals surface area contributed by atoms with Crippen molar-refractivity contribution in [3.63, 3.8) is 0 Å². The Morgan fingerprint density at radius 1 is 1.33 bits per heavy atom. The third-order valence-electron chi connectivity index (χ3n) is 4.35. The second kappa shape index (κ2) is 5.22. The van der Waals surface area contributed by atoms with E-state index in [0.717, 1.165) is 31.4 Å². The SMILES string of the molecule is CNCC1CCC1Cc1cc(Br)cc2c1OCC2. The molecule has 1 aromatic rings. The van der Waals surface area contributed by atoms with Crippen molar-refractivity contribution in [3.8, 4) is 5.75 Å². The second-order valence-electron chi connectivity index (χ2n) is 5.51. The Kier molecular flexibility index (Phi) is 3.62. The van der Waals surface area contributed by atoms with Crippen molar-refractivity contribution in [2.24, 2.45) is 11.8 Å². The first kappa shape index (κ1) is 12.5. The molecule has 3 rings (SSSR count). The minimum Gasteiger partial charge on any atom is -0.493 e. The minimum absolute atomic E-state index is 0.833. The van der Waals surface area contributed by atoms with E-state index in [-0.39, 0.29) is 0 Å². The molecule has 3 heteroatoms. The molecule has 2 aliphatic rings. The van der Waals surface area contributed by atoms with E-state index in [1.54, 1.807) is 0 Å². The van der Waals surface area contributed by atoms with E-state index in [1.807, 2.05) is 0 Å². The molecule has 1 aromatic carbocycles. The van der Waals surface area contributed by atoms with Crippen LogP contribution < -0.4 is 10.1 Å². The molecular weight excluding hydrogens is 290 g/mol. The van der Waals surface area contributed by atoms with Gasteiger partial charge in [-0.15, -0.1) is 0 Å². The minimum atomic E-state index is 0.833. The number of nitrogens with one attached hydrogen (secondary N) is 1. The number of rotatable bonds is 4. The lowest BCUT2D eigenvalue weighted by molar-refractivity contribution is 0.172. The summed E-state index contributed by atoms with van der Waals surface area (Å²) < 4.78 is 7.01. The van der Waals surface area contributed by atoms with E-state index in [9.17, 15) is 0 Å². The van der Waals surface area contributed by atoms with Crippen molar-refractivity contribution in [1.82, 2.24) is 5.32 Å². The number of hydrogen-bond acceptors (Lipinski definition) is 2. The predicted molar refractivity (Wildman–Crippen MR) is 77.2 cm³/mol. The molecule has 0 spiro atoms. The van der Waals surface area contributed by atoms with Crippen LogP contribution in [-0.4, -0.2) is 20.2 Å². The number of ether oxygens (including phenoxy) is 1. The smallest absolute Gasteiger partial charge is 0.125 e. The topological polar surface area (TPSA) is 21.3 Å². The molecule has 1 saturated carbocycles. The molecule has 18 heavy (non-hydrogen) atoms. The molecule has 0 amide bonds. The maximum Gasteiger partial charge on any atom is 0.125 e. The van der Waals surface area contributed by atoms with Crippen LogP contribution in [0.25, 0.3) is 0 Å². The summed E-state index contributed by atoms with van der Waals surface area (Å²) in [6.07, 6.45) is 4.98. The van der Waals surface area contributed by atoms with Gasteiger partial charge in [0.15, 0.2) is 0 Å². The highest BCUT2D eigenvalue weighted by Crippen LogP contribution is 2.40. The Morgan fingerprint density at radius 3 is 2.89 bits per heavy atom. The Balaban J connectivity index is 1.77. The fourth-order valence-corrected chi connectivity index (χ4v) is 3.77. The van der Waals surface area contributed by atoms with E-state index in [2.05, 4.69) is 40.4 Å². The highest BCUT2D eigenvalue weighted by atomic mass is 79.9. The highest BCUT2D eigenvalue weighted by molar-refractivity contribution is 9.10. The molecule has 1 aliphatic carbocycles. The van der Waals surface area contributed by atoms with Gasteiger partial charge < -0.3 is 10.1 Å². The average Bonchev–Trinajstić information content (AvgIpc) is 2.79. The lowest BCUT2D eigenvalue weighted by Crippen LogP contribution is -2.35. The molecule has 2 atom stereocenters. The number of fused-ring (bicyclic) bond motifs is 1. The molecule has 0 radical (unpaired) electrons. The summed E-state index contributed by atoms with van der Waals surface area (Å²) in [5.74, 6) is 2.86. The van der Waals surface area contributed by atoms with Crippen molar-refractivity contribution in [1.29, 1.82) is 0 Å². The molecule has 1 N–H and O–H groups in total. The zero-order valence-corrected chi connectivity index (χ0v) is 12.4. The summed E-state index contributed by atoms with van der Waals surface area (Å²) in [5.41, 5.74) is 2.78. The van der Waals surface area contributed by atoms with Gasteiger partial charge in [0.25, 0.3) is 0 Å². The van der Waals surface area contributed by atoms with Crippen LogP contribution in [0.4, 0.5) is 0 Å². The van der Waals surface area contributed by atoms with E-state index in [0.29, 0.717) is 0 Å². The van der Waals surface area contributed by atoms with Crippen LogP contribution in [0, 0.1) is 11.8 Å². The Morgan fingerprint density at radius 2 is 2.17 bits per heavy atom. The summed E-state index contributed by atoms with van der Waals surface area (Å²) in [6.45, 7) is 2.01. The largest absolute Gasteiger partial charge is 0.493 e. The van der Waals surface area contributed by atoms with Crippen molar-refractivity contribution < 1.29 is 4.74 Å². The maximum absolute atomic E-state index is 5.81. The van der Waals surface area contributed by atoms with Gasteiger partial charge in [0.05, 0.1) is 6.61 Å². The average molecular weight is 310 g/mol. The van der Waals surface area contributed by atoms with Crippen LogP contribution in [-0.2, 0) is 12.8 Å². The zero-order valence-electron chi connectivity index (χ0n) is 10.8. The standard InChI is InChI=1S/C15H20BrNO/c1-17-9-12-3-2-10(12)6-13-8-14(16)7-11-4-5-18-15(11)13/h7-8,10,12,17H,2-6,9H2,1H3. The molecule has 1 fully saturated rings. The van der Waals surface area contributed by atoms with Gasteiger partial charge >= 0.3 is 0 Å². The molecule has 98 valence electrons. The second-order valence-corrected chi connectivity index (χ2v) is 6.43. The van der Waals surface area contributed by atoms with E-state index in [4.69, 9.17) is 4.74 Å². The lowest BCUT2D eigenvalue weighted by atomic mass is 9.70. The first-order valence-electron chi connectivity index (χ1n) is 6.86. The molecular formula is C15H20BrNO. The van der Waals surface area contributed by atoms with Gasteiger partial charge in [-0.2, -0.15) is 0 Å². The fraction of sp³-hybridized carbons (Fsp3) is 0.600. The summed E-state index contributed by atoms with van der Waals surface area (Å²) in [7, 11) is 2.05. The van der Waals surface area contributed by atoms with Crippen LogP contribution in [0.5, 0.6) is 5.75 Å². The van der Waals surface area contributed by atoms with E-state index >= 15 is 0 Å². The monoisotopic (exact) mass is 309 g/mol.